The number of carbonyl (C=O) groups excluding carboxylic acids is 1. The van der Waals surface area contributed by atoms with Crippen LogP contribution in [-0.2, 0) is 0 Å². The van der Waals surface area contributed by atoms with Crippen molar-refractivity contribution >= 4 is 17.5 Å². The number of carbonyl (C=O) groups is 1. The molecule has 2 aliphatic heterocycles. The Kier molecular flexibility index (Phi) is 3.36. The van der Waals surface area contributed by atoms with Crippen molar-refractivity contribution in [2.24, 2.45) is 0 Å². The van der Waals surface area contributed by atoms with Crippen LogP contribution in [0.1, 0.15) is 38.4 Å². The lowest BCUT2D eigenvalue weighted by Gasteiger charge is -2.42. The Morgan fingerprint density at radius 2 is 2.00 bits per heavy atom. The van der Waals surface area contributed by atoms with Gasteiger partial charge in [0, 0.05) is 45.0 Å². The highest BCUT2D eigenvalue weighted by Gasteiger charge is 2.45. The fourth-order valence-electron chi connectivity index (χ4n) is 3.79. The van der Waals surface area contributed by atoms with E-state index in [9.17, 15) is 4.79 Å². The van der Waals surface area contributed by atoms with Crippen molar-refractivity contribution in [3.63, 3.8) is 0 Å². The van der Waals surface area contributed by atoms with Gasteiger partial charge in [-0.3, -0.25) is 4.40 Å². The van der Waals surface area contributed by atoms with Gasteiger partial charge in [-0.2, -0.15) is 0 Å². The molecule has 2 amide bonds. The van der Waals surface area contributed by atoms with Gasteiger partial charge in [-0.15, -0.1) is 10.2 Å². The molecule has 4 rings (SSSR count). The number of amides is 2. The molecule has 128 valence electrons. The smallest absolute Gasteiger partial charge is 0.317 e. The average molecular weight is 329 g/mol. The molecule has 0 atom stereocenters. The molecule has 2 aromatic rings. The zero-order valence-corrected chi connectivity index (χ0v) is 14.4. The van der Waals surface area contributed by atoms with E-state index >= 15 is 0 Å². The lowest BCUT2D eigenvalue weighted by Crippen LogP contribution is -2.53. The summed E-state index contributed by atoms with van der Waals surface area (Å²) in [5, 5.41) is 11.6. The topological polar surface area (TPSA) is 78.7 Å². The molecule has 0 aliphatic carbocycles. The second-order valence-corrected chi connectivity index (χ2v) is 7.09. The number of piperidine rings is 1. The fourth-order valence-corrected chi connectivity index (χ4v) is 3.79. The van der Waals surface area contributed by atoms with E-state index in [1.165, 1.54) is 0 Å². The van der Waals surface area contributed by atoms with Crippen LogP contribution in [0, 0.1) is 0 Å². The molecule has 8 nitrogen and oxygen atoms in total. The molecule has 1 N–H and O–H groups in total. The maximum absolute atomic E-state index is 11.8. The number of urea groups is 1. The Bertz CT molecular complexity index is 776. The first-order valence-corrected chi connectivity index (χ1v) is 8.48. The van der Waals surface area contributed by atoms with E-state index in [4.69, 9.17) is 0 Å². The Balaban J connectivity index is 1.60. The number of nitrogens with one attached hydrogen (secondary N) is 1. The molecule has 2 saturated heterocycles. The quantitative estimate of drug-likeness (QED) is 0.897. The summed E-state index contributed by atoms with van der Waals surface area (Å²) in [5.41, 5.74) is 0.751. The molecule has 4 heterocycles. The fraction of sp³-hybridized carbons (Fsp3) is 0.625. The van der Waals surface area contributed by atoms with Crippen molar-refractivity contribution in [2.75, 3.05) is 31.6 Å². The van der Waals surface area contributed by atoms with Crippen LogP contribution in [0.3, 0.4) is 0 Å². The van der Waals surface area contributed by atoms with E-state index in [0.717, 1.165) is 49.8 Å². The summed E-state index contributed by atoms with van der Waals surface area (Å²) in [6.45, 7) is 6.67. The van der Waals surface area contributed by atoms with Crippen molar-refractivity contribution in [3.8, 4) is 0 Å². The summed E-state index contributed by atoms with van der Waals surface area (Å²) in [6, 6.07) is 0.0303. The third kappa shape index (κ3) is 2.12. The first kappa shape index (κ1) is 15.2. The number of likely N-dealkylation sites (N-methyl/N-ethyl adjacent to an activating group) is 1. The van der Waals surface area contributed by atoms with E-state index in [1.54, 1.807) is 0 Å². The molecule has 0 saturated carbocycles. The maximum atomic E-state index is 11.8. The molecular weight excluding hydrogens is 306 g/mol. The van der Waals surface area contributed by atoms with Gasteiger partial charge < -0.3 is 15.1 Å². The third-order valence-electron chi connectivity index (χ3n) is 5.43. The number of hydrogen-bond donors (Lipinski definition) is 1. The second-order valence-electron chi connectivity index (χ2n) is 7.09. The van der Waals surface area contributed by atoms with Gasteiger partial charge >= 0.3 is 6.03 Å². The summed E-state index contributed by atoms with van der Waals surface area (Å²) >= 11 is 0. The van der Waals surface area contributed by atoms with E-state index in [0.29, 0.717) is 5.92 Å². The Morgan fingerprint density at radius 1 is 1.25 bits per heavy atom. The lowest BCUT2D eigenvalue weighted by atomic mass is 9.87. The number of anilines is 1. The van der Waals surface area contributed by atoms with Crippen LogP contribution in [0.25, 0.3) is 5.65 Å². The van der Waals surface area contributed by atoms with Crippen molar-refractivity contribution in [1.82, 2.24) is 29.8 Å². The SMILES string of the molecule is CC(C)c1nnc2c(N3CCC4(CC3)CNC(=O)N4C)nccn12. The number of aromatic nitrogens is 4. The number of hydrogen-bond acceptors (Lipinski definition) is 5. The predicted octanol–water partition coefficient (Wildman–Crippen LogP) is 1.24. The normalized spacial score (nSPS) is 20.4. The highest BCUT2D eigenvalue weighted by molar-refractivity contribution is 5.77. The van der Waals surface area contributed by atoms with E-state index in [1.807, 2.05) is 28.7 Å². The van der Waals surface area contributed by atoms with Gasteiger partial charge in [0.05, 0.1) is 5.54 Å². The van der Waals surface area contributed by atoms with Crippen molar-refractivity contribution in [3.05, 3.63) is 18.2 Å². The van der Waals surface area contributed by atoms with Crippen molar-refractivity contribution in [2.45, 2.75) is 38.1 Å². The monoisotopic (exact) mass is 329 g/mol. The Morgan fingerprint density at radius 3 is 2.62 bits per heavy atom. The number of rotatable bonds is 2. The zero-order chi connectivity index (χ0) is 16.9. The van der Waals surface area contributed by atoms with Crippen LogP contribution >= 0.6 is 0 Å². The van der Waals surface area contributed by atoms with Crippen LogP contribution in [0.4, 0.5) is 10.6 Å². The largest absolute Gasteiger partial charge is 0.353 e. The van der Waals surface area contributed by atoms with E-state index < -0.39 is 0 Å². The summed E-state index contributed by atoms with van der Waals surface area (Å²) in [5.74, 6) is 2.14. The Hall–Kier alpha value is -2.38. The first-order valence-electron chi connectivity index (χ1n) is 8.48. The minimum atomic E-state index is -0.0601. The van der Waals surface area contributed by atoms with E-state index in [2.05, 4.69) is 39.2 Å². The third-order valence-corrected chi connectivity index (χ3v) is 5.43. The van der Waals surface area contributed by atoms with Gasteiger partial charge in [0.2, 0.25) is 5.65 Å². The molecule has 2 fully saturated rings. The summed E-state index contributed by atoms with van der Waals surface area (Å²) in [4.78, 5) is 20.5. The highest BCUT2D eigenvalue weighted by atomic mass is 16.2. The molecule has 0 radical (unpaired) electrons. The molecule has 0 unspecified atom stereocenters. The van der Waals surface area contributed by atoms with Gasteiger partial charge in [-0.1, -0.05) is 13.8 Å². The van der Waals surface area contributed by atoms with Crippen LogP contribution in [-0.4, -0.2) is 62.7 Å². The van der Waals surface area contributed by atoms with Gasteiger partial charge in [0.1, 0.15) is 5.82 Å². The molecule has 0 bridgehead atoms. The predicted molar refractivity (Wildman–Crippen MR) is 90.2 cm³/mol. The summed E-state index contributed by atoms with van der Waals surface area (Å²) in [7, 11) is 1.89. The minimum absolute atomic E-state index is 0.0303. The zero-order valence-electron chi connectivity index (χ0n) is 14.4. The van der Waals surface area contributed by atoms with Crippen LogP contribution in [0.15, 0.2) is 12.4 Å². The standard InChI is InChI=1S/C16H23N7O/c1-11(2)12-19-20-14-13(17-6-9-23(12)14)22-7-4-16(5-8-22)10-18-15(24)21(16)3/h6,9,11H,4-5,7-8,10H2,1-3H3,(H,18,24). The maximum Gasteiger partial charge on any atom is 0.317 e. The lowest BCUT2D eigenvalue weighted by molar-refractivity contribution is 0.155. The number of fused-ring (bicyclic) bond motifs is 1. The van der Waals surface area contributed by atoms with Crippen molar-refractivity contribution < 1.29 is 4.79 Å². The van der Waals surface area contributed by atoms with Gasteiger partial charge in [0.15, 0.2) is 5.82 Å². The highest BCUT2D eigenvalue weighted by Crippen LogP contribution is 2.33. The molecule has 24 heavy (non-hydrogen) atoms. The molecule has 0 aromatic carbocycles. The second kappa shape index (κ2) is 5.32. The van der Waals surface area contributed by atoms with E-state index in [-0.39, 0.29) is 11.6 Å². The number of nitrogens with zero attached hydrogens (tertiary/aromatic N) is 6. The van der Waals surface area contributed by atoms with Crippen LogP contribution in [0.2, 0.25) is 0 Å². The summed E-state index contributed by atoms with van der Waals surface area (Å²) < 4.78 is 2.03. The summed E-state index contributed by atoms with van der Waals surface area (Å²) in [6.07, 6.45) is 5.59. The van der Waals surface area contributed by atoms with Crippen molar-refractivity contribution in [1.29, 1.82) is 0 Å². The van der Waals surface area contributed by atoms with Gasteiger partial charge in [-0.25, -0.2) is 9.78 Å². The van der Waals surface area contributed by atoms with Gasteiger partial charge in [-0.05, 0) is 12.8 Å². The molecule has 2 aromatic heterocycles. The molecule has 2 aliphatic rings. The van der Waals surface area contributed by atoms with Crippen LogP contribution in [0.5, 0.6) is 0 Å². The Labute approximate surface area is 140 Å². The van der Waals surface area contributed by atoms with Gasteiger partial charge in [0.25, 0.3) is 0 Å². The first-order chi connectivity index (χ1) is 11.5. The minimum Gasteiger partial charge on any atom is -0.353 e. The molecule has 1 spiro atoms. The average Bonchev–Trinajstić information content (AvgIpc) is 3.13. The van der Waals surface area contributed by atoms with Crippen LogP contribution < -0.4 is 10.2 Å². The molecular formula is C16H23N7O. The molecule has 8 heteroatoms.